The van der Waals surface area contributed by atoms with E-state index in [4.69, 9.17) is 9.15 Å². The van der Waals surface area contributed by atoms with Gasteiger partial charge in [0.1, 0.15) is 18.0 Å². The Bertz CT molecular complexity index is 991. The summed E-state index contributed by atoms with van der Waals surface area (Å²) < 4.78 is 13.1. The second-order valence-electron chi connectivity index (χ2n) is 4.74. The van der Waals surface area contributed by atoms with Gasteiger partial charge in [-0.2, -0.15) is 0 Å². The van der Waals surface area contributed by atoms with Crippen molar-refractivity contribution in [3.63, 3.8) is 0 Å². The molecular weight excluding hydrogens is 444 g/mol. The number of hydrogen-bond acceptors (Lipinski definition) is 5. The minimum absolute atomic E-state index is 0.0904. The minimum Gasteiger partial charge on any atom is -0.456 e. The van der Waals surface area contributed by atoms with Gasteiger partial charge in [-0.3, -0.25) is 9.20 Å². The molecule has 3 aromatic heterocycles. The van der Waals surface area contributed by atoms with E-state index in [9.17, 15) is 9.59 Å². The first-order valence-electron chi connectivity index (χ1n) is 6.79. The van der Waals surface area contributed by atoms with Gasteiger partial charge in [-0.15, -0.1) is 0 Å². The van der Waals surface area contributed by atoms with Crippen molar-refractivity contribution in [2.24, 2.45) is 0 Å². The van der Waals surface area contributed by atoms with Crippen molar-refractivity contribution in [3.05, 3.63) is 73.6 Å². The first-order valence-corrected chi connectivity index (χ1v) is 8.38. The van der Waals surface area contributed by atoms with Gasteiger partial charge in [0.05, 0.1) is 5.69 Å². The number of nitrogens with zero attached hydrogens (tertiary/aromatic N) is 2. The highest BCUT2D eigenvalue weighted by atomic mass is 79.9. The van der Waals surface area contributed by atoms with E-state index < -0.39 is 5.97 Å². The molecule has 0 saturated heterocycles. The molecule has 0 saturated carbocycles. The molecule has 0 N–H and O–H groups in total. The van der Waals surface area contributed by atoms with Gasteiger partial charge < -0.3 is 9.15 Å². The lowest BCUT2D eigenvalue weighted by atomic mass is 10.4. The molecule has 3 heterocycles. The number of ether oxygens (including phenoxy) is 1. The van der Waals surface area contributed by atoms with Crippen molar-refractivity contribution in [3.8, 4) is 0 Å². The molecule has 122 valence electrons. The Hall–Kier alpha value is -2.19. The molecule has 0 aromatic carbocycles. The van der Waals surface area contributed by atoms with Crippen LogP contribution >= 0.6 is 31.9 Å². The number of aromatic nitrogens is 2. The van der Waals surface area contributed by atoms with Crippen molar-refractivity contribution >= 4 is 49.6 Å². The van der Waals surface area contributed by atoms with E-state index in [-0.39, 0.29) is 12.2 Å². The average Bonchev–Trinajstić information content (AvgIpc) is 2.97. The highest BCUT2D eigenvalue weighted by molar-refractivity contribution is 9.10. The van der Waals surface area contributed by atoms with Gasteiger partial charge in [0.25, 0.3) is 5.56 Å². The molecule has 0 radical (unpaired) electrons. The van der Waals surface area contributed by atoms with Crippen LogP contribution in [-0.2, 0) is 16.1 Å². The number of rotatable bonds is 4. The third-order valence-electron chi connectivity index (χ3n) is 3.02. The summed E-state index contributed by atoms with van der Waals surface area (Å²) in [6, 6.07) is 8.24. The molecule has 0 fully saturated rings. The summed E-state index contributed by atoms with van der Waals surface area (Å²) >= 11 is 6.47. The van der Waals surface area contributed by atoms with Crippen molar-refractivity contribution in [1.82, 2.24) is 9.38 Å². The Morgan fingerprint density at radius 2 is 2.12 bits per heavy atom. The summed E-state index contributed by atoms with van der Waals surface area (Å²) in [4.78, 5) is 28.0. The molecule has 0 aliphatic carbocycles. The third-order valence-corrected chi connectivity index (χ3v) is 3.91. The fourth-order valence-electron chi connectivity index (χ4n) is 1.96. The van der Waals surface area contributed by atoms with E-state index in [0.717, 1.165) is 4.47 Å². The number of halogens is 2. The number of furan rings is 1. The van der Waals surface area contributed by atoms with E-state index in [1.165, 1.54) is 22.6 Å². The largest absolute Gasteiger partial charge is 0.456 e. The van der Waals surface area contributed by atoms with Crippen LogP contribution in [-0.4, -0.2) is 15.4 Å². The van der Waals surface area contributed by atoms with Crippen LogP contribution in [0.15, 0.2) is 61.0 Å². The Morgan fingerprint density at radius 3 is 2.88 bits per heavy atom. The van der Waals surface area contributed by atoms with Gasteiger partial charge >= 0.3 is 5.97 Å². The average molecular weight is 454 g/mol. The fraction of sp³-hybridized carbons (Fsp3) is 0.0625. The first kappa shape index (κ1) is 16.7. The molecule has 0 spiro atoms. The monoisotopic (exact) mass is 452 g/mol. The summed E-state index contributed by atoms with van der Waals surface area (Å²) in [6.45, 7) is -0.0904. The SMILES string of the molecule is O=C(/C=C/c1ccc(Br)o1)OCc1cc(=O)n2cc(Br)ccc2n1. The van der Waals surface area contributed by atoms with E-state index in [0.29, 0.717) is 21.8 Å². The number of carbonyl (C=O) groups excluding carboxylic acids is 1. The molecule has 8 heteroatoms. The smallest absolute Gasteiger partial charge is 0.331 e. The lowest BCUT2D eigenvalue weighted by Gasteiger charge is -2.04. The molecular formula is C16H10Br2N2O4. The second kappa shape index (κ2) is 7.14. The van der Waals surface area contributed by atoms with Crippen LogP contribution in [0.2, 0.25) is 0 Å². The van der Waals surface area contributed by atoms with Crippen LogP contribution in [0.1, 0.15) is 11.5 Å². The van der Waals surface area contributed by atoms with Crippen LogP contribution in [0.5, 0.6) is 0 Å². The Morgan fingerprint density at radius 1 is 1.29 bits per heavy atom. The number of pyridine rings is 1. The zero-order valence-corrected chi connectivity index (χ0v) is 15.3. The van der Waals surface area contributed by atoms with Gasteiger partial charge in [0.2, 0.25) is 0 Å². The lowest BCUT2D eigenvalue weighted by Crippen LogP contribution is -2.16. The van der Waals surface area contributed by atoms with Crippen LogP contribution in [0, 0.1) is 0 Å². The van der Waals surface area contributed by atoms with E-state index in [1.54, 1.807) is 30.5 Å². The van der Waals surface area contributed by atoms with E-state index in [2.05, 4.69) is 36.8 Å². The number of fused-ring (bicyclic) bond motifs is 1. The molecule has 0 aliphatic heterocycles. The van der Waals surface area contributed by atoms with Crippen molar-refractivity contribution in [2.75, 3.05) is 0 Å². The summed E-state index contributed by atoms with van der Waals surface area (Å²) in [5, 5.41) is 0. The number of hydrogen-bond donors (Lipinski definition) is 0. The zero-order chi connectivity index (χ0) is 17.1. The summed E-state index contributed by atoms with van der Waals surface area (Å²) in [7, 11) is 0. The summed E-state index contributed by atoms with van der Waals surface area (Å²) in [5.41, 5.74) is 0.612. The van der Waals surface area contributed by atoms with Crippen LogP contribution in [0.25, 0.3) is 11.7 Å². The van der Waals surface area contributed by atoms with Crippen molar-refractivity contribution in [1.29, 1.82) is 0 Å². The van der Waals surface area contributed by atoms with Gasteiger partial charge in [-0.05, 0) is 62.2 Å². The predicted octanol–water partition coefficient (Wildman–Crippen LogP) is 3.57. The standard InChI is InChI=1S/C16H10Br2N2O4/c17-10-1-5-14-19-11(7-15(21)20(14)8-10)9-23-16(22)6-3-12-2-4-13(18)24-12/h1-8H,9H2/b6-3+. The van der Waals surface area contributed by atoms with Gasteiger partial charge in [0.15, 0.2) is 4.67 Å². The normalized spacial score (nSPS) is 11.2. The maximum Gasteiger partial charge on any atom is 0.331 e. The lowest BCUT2D eigenvalue weighted by molar-refractivity contribution is -0.139. The molecule has 3 aromatic rings. The van der Waals surface area contributed by atoms with Gasteiger partial charge in [-0.1, -0.05) is 0 Å². The van der Waals surface area contributed by atoms with E-state index in [1.807, 2.05) is 0 Å². The summed E-state index contributed by atoms with van der Waals surface area (Å²) in [5.74, 6) is -0.0354. The van der Waals surface area contributed by atoms with Crippen LogP contribution < -0.4 is 5.56 Å². The van der Waals surface area contributed by atoms with E-state index >= 15 is 0 Å². The number of esters is 1. The van der Waals surface area contributed by atoms with Gasteiger partial charge in [-0.25, -0.2) is 9.78 Å². The quantitative estimate of drug-likeness (QED) is 0.446. The second-order valence-corrected chi connectivity index (χ2v) is 6.44. The molecule has 6 nitrogen and oxygen atoms in total. The minimum atomic E-state index is -0.555. The van der Waals surface area contributed by atoms with Crippen LogP contribution in [0.4, 0.5) is 0 Å². The molecule has 0 unspecified atom stereocenters. The Kier molecular flexibility index (Phi) is 4.96. The Balaban J connectivity index is 1.69. The first-order chi connectivity index (χ1) is 11.5. The molecule has 0 bridgehead atoms. The van der Waals surface area contributed by atoms with Crippen LogP contribution in [0.3, 0.4) is 0 Å². The molecule has 0 amide bonds. The molecule has 0 aliphatic rings. The third kappa shape index (κ3) is 4.01. The van der Waals surface area contributed by atoms with Gasteiger partial charge in [0, 0.05) is 22.8 Å². The van der Waals surface area contributed by atoms with Crippen molar-refractivity contribution in [2.45, 2.75) is 6.61 Å². The summed E-state index contributed by atoms with van der Waals surface area (Å²) in [6.07, 6.45) is 4.37. The maximum atomic E-state index is 12.0. The fourth-order valence-corrected chi connectivity index (χ4v) is 2.62. The maximum absolute atomic E-state index is 12.0. The molecule has 3 rings (SSSR count). The number of carbonyl (C=O) groups is 1. The topological polar surface area (TPSA) is 73.8 Å². The highest BCUT2D eigenvalue weighted by Crippen LogP contribution is 2.15. The molecule has 0 atom stereocenters. The zero-order valence-electron chi connectivity index (χ0n) is 12.1. The predicted molar refractivity (Wildman–Crippen MR) is 94.4 cm³/mol. The molecule has 24 heavy (non-hydrogen) atoms. The van der Waals surface area contributed by atoms with Crippen molar-refractivity contribution < 1.29 is 13.9 Å². The Labute approximate surface area is 153 Å². The highest BCUT2D eigenvalue weighted by Gasteiger charge is 2.05.